The largest absolute Gasteiger partial charge is 0.467 e. The number of thiocarbonyl (C=S) groups is 1. The predicted octanol–water partition coefficient (Wildman–Crippen LogP) is 2.56. The lowest BCUT2D eigenvalue weighted by Gasteiger charge is -2.20. The van der Waals surface area contributed by atoms with E-state index in [1.54, 1.807) is 13.1 Å². The zero-order valence-electron chi connectivity index (χ0n) is 13.5. The topological polar surface area (TPSA) is 66.9 Å². The second kappa shape index (κ2) is 6.54. The molecule has 1 fully saturated rings. The smallest absolute Gasteiger partial charge is 0.328 e. The van der Waals surface area contributed by atoms with Crippen molar-refractivity contribution in [3.63, 3.8) is 0 Å². The number of rotatable bonds is 2. The van der Waals surface area contributed by atoms with Crippen LogP contribution in [0.15, 0.2) is 27.6 Å². The number of hydrogen-bond acceptors (Lipinski definition) is 6. The molecule has 9 heteroatoms. The van der Waals surface area contributed by atoms with E-state index in [-0.39, 0.29) is 15.1 Å². The molecule has 0 saturated carbocycles. The fourth-order valence-corrected chi connectivity index (χ4v) is 4.60. The van der Waals surface area contributed by atoms with Gasteiger partial charge in [0.05, 0.1) is 23.3 Å². The summed E-state index contributed by atoms with van der Waals surface area (Å²) in [7, 11) is 2.90. The van der Waals surface area contributed by atoms with Crippen molar-refractivity contribution >= 4 is 73.3 Å². The highest BCUT2D eigenvalue weighted by Gasteiger charge is 2.44. The average Bonchev–Trinajstić information content (AvgIpc) is 2.99. The lowest BCUT2D eigenvalue weighted by Crippen LogP contribution is -2.42. The molecule has 2 aliphatic heterocycles. The highest BCUT2D eigenvalue weighted by Crippen LogP contribution is 2.45. The van der Waals surface area contributed by atoms with Gasteiger partial charge in [0.15, 0.2) is 0 Å². The Morgan fingerprint density at radius 1 is 1.32 bits per heavy atom. The monoisotopic (exact) mass is 440 g/mol. The van der Waals surface area contributed by atoms with Gasteiger partial charge in [-0.3, -0.25) is 14.5 Å². The van der Waals surface area contributed by atoms with Crippen molar-refractivity contribution in [3.8, 4) is 0 Å². The summed E-state index contributed by atoms with van der Waals surface area (Å²) in [6, 6.07) is 4.58. The molecule has 1 aromatic rings. The van der Waals surface area contributed by atoms with Gasteiger partial charge in [0.25, 0.3) is 11.8 Å². The van der Waals surface area contributed by atoms with Gasteiger partial charge in [-0.1, -0.05) is 39.9 Å². The molecule has 1 aromatic carbocycles. The van der Waals surface area contributed by atoms with Gasteiger partial charge >= 0.3 is 5.97 Å². The van der Waals surface area contributed by atoms with Gasteiger partial charge in [-0.2, -0.15) is 0 Å². The van der Waals surface area contributed by atoms with Crippen LogP contribution in [0.3, 0.4) is 0 Å². The fraction of sp³-hybridized carbons (Fsp3) is 0.250. The summed E-state index contributed by atoms with van der Waals surface area (Å²) < 4.78 is 5.72. The van der Waals surface area contributed by atoms with Gasteiger partial charge < -0.3 is 9.64 Å². The number of anilines is 1. The van der Waals surface area contributed by atoms with Crippen molar-refractivity contribution in [3.05, 3.63) is 33.1 Å². The van der Waals surface area contributed by atoms with Crippen LogP contribution in [0.4, 0.5) is 5.69 Å². The first kappa shape index (κ1) is 18.1. The van der Waals surface area contributed by atoms with Crippen molar-refractivity contribution in [2.24, 2.45) is 0 Å². The molecule has 25 heavy (non-hydrogen) atoms. The summed E-state index contributed by atoms with van der Waals surface area (Å²) in [4.78, 5) is 40.3. The summed E-state index contributed by atoms with van der Waals surface area (Å²) in [5, 5.41) is 0. The molecule has 2 heterocycles. The van der Waals surface area contributed by atoms with E-state index in [0.29, 0.717) is 11.1 Å². The molecule has 2 aliphatic rings. The molecule has 130 valence electrons. The standard InChI is InChI=1S/C16H13BrN2O4S2/c1-7(15(22)23-3)19-14(21)12(25-16(19)24)11-9-6-8(17)4-5-10(9)18(2)13(11)20/h4-7H,1-3H3/b12-11-/t7-/m0/s1. The summed E-state index contributed by atoms with van der Waals surface area (Å²) in [6.07, 6.45) is 0. The van der Waals surface area contributed by atoms with E-state index < -0.39 is 17.9 Å². The number of likely N-dealkylation sites (N-methyl/N-ethyl adjacent to an activating group) is 1. The van der Waals surface area contributed by atoms with Crippen LogP contribution in [0.2, 0.25) is 0 Å². The summed E-state index contributed by atoms with van der Waals surface area (Å²) in [5.74, 6) is -1.31. The third-order valence-corrected chi connectivity index (χ3v) is 5.96. The molecule has 0 N–H and O–H groups in total. The second-order valence-electron chi connectivity index (χ2n) is 5.47. The van der Waals surface area contributed by atoms with Crippen molar-refractivity contribution < 1.29 is 19.1 Å². The van der Waals surface area contributed by atoms with Crippen molar-refractivity contribution in [1.82, 2.24) is 4.90 Å². The first-order valence-electron chi connectivity index (χ1n) is 7.23. The van der Waals surface area contributed by atoms with Gasteiger partial charge in [0.1, 0.15) is 10.4 Å². The average molecular weight is 441 g/mol. The van der Waals surface area contributed by atoms with Crippen molar-refractivity contribution in [2.75, 3.05) is 19.1 Å². The normalized spacial score (nSPS) is 21.0. The maximum absolute atomic E-state index is 12.9. The lowest BCUT2D eigenvalue weighted by atomic mass is 10.1. The number of thioether (sulfide) groups is 1. The van der Waals surface area contributed by atoms with Crippen LogP contribution in [0.25, 0.3) is 5.57 Å². The van der Waals surface area contributed by atoms with E-state index in [0.717, 1.165) is 21.9 Å². The third kappa shape index (κ3) is 2.80. The number of halogens is 1. The van der Waals surface area contributed by atoms with E-state index in [1.807, 2.05) is 12.1 Å². The van der Waals surface area contributed by atoms with E-state index in [1.165, 1.54) is 23.8 Å². The Morgan fingerprint density at radius 2 is 2.00 bits per heavy atom. The predicted molar refractivity (Wildman–Crippen MR) is 103 cm³/mol. The molecular weight excluding hydrogens is 428 g/mol. The van der Waals surface area contributed by atoms with E-state index in [4.69, 9.17) is 17.0 Å². The van der Waals surface area contributed by atoms with Crippen LogP contribution in [0, 0.1) is 0 Å². The number of amides is 2. The molecular formula is C16H13BrN2O4S2. The van der Waals surface area contributed by atoms with Gasteiger partial charge in [-0.05, 0) is 25.1 Å². The molecule has 0 aliphatic carbocycles. The SMILES string of the molecule is COC(=O)[C@H](C)N1C(=O)/C(=C2/C(=O)N(C)c3ccc(Br)cc32)SC1=S. The first-order valence-corrected chi connectivity index (χ1v) is 9.25. The molecule has 0 bridgehead atoms. The summed E-state index contributed by atoms with van der Waals surface area (Å²) in [5.41, 5.74) is 1.68. The Morgan fingerprint density at radius 3 is 2.64 bits per heavy atom. The molecule has 6 nitrogen and oxygen atoms in total. The van der Waals surface area contributed by atoms with Crippen LogP contribution in [-0.2, 0) is 19.1 Å². The summed E-state index contributed by atoms with van der Waals surface area (Å²) in [6.45, 7) is 1.54. The van der Waals surface area contributed by atoms with Gasteiger partial charge in [0, 0.05) is 17.1 Å². The molecule has 0 radical (unpaired) electrons. The van der Waals surface area contributed by atoms with E-state index in [9.17, 15) is 14.4 Å². The number of esters is 1. The number of hydrogen-bond donors (Lipinski definition) is 0. The minimum absolute atomic E-state index is 0.226. The zero-order chi connectivity index (χ0) is 18.5. The van der Waals surface area contributed by atoms with Crippen molar-refractivity contribution in [2.45, 2.75) is 13.0 Å². The zero-order valence-corrected chi connectivity index (χ0v) is 16.8. The number of methoxy groups -OCH3 is 1. The molecule has 0 aromatic heterocycles. The second-order valence-corrected chi connectivity index (χ2v) is 8.03. The fourth-order valence-electron chi connectivity index (χ4n) is 2.75. The molecule has 1 saturated heterocycles. The first-order chi connectivity index (χ1) is 11.8. The lowest BCUT2D eigenvalue weighted by molar-refractivity contribution is -0.147. The Hall–Kier alpha value is -1.71. The van der Waals surface area contributed by atoms with Gasteiger partial charge in [-0.15, -0.1) is 0 Å². The van der Waals surface area contributed by atoms with E-state index in [2.05, 4.69) is 15.9 Å². The minimum atomic E-state index is -0.855. The number of carbonyl (C=O) groups excluding carboxylic acids is 3. The number of nitrogens with zero attached hydrogens (tertiary/aromatic N) is 2. The van der Waals surface area contributed by atoms with Crippen molar-refractivity contribution in [1.29, 1.82) is 0 Å². The number of ether oxygens (including phenoxy) is 1. The van der Waals surface area contributed by atoms with Crippen LogP contribution < -0.4 is 4.90 Å². The third-order valence-electron chi connectivity index (χ3n) is 4.06. The Kier molecular flexibility index (Phi) is 4.74. The van der Waals surface area contributed by atoms with Gasteiger partial charge in [-0.25, -0.2) is 4.79 Å². The highest BCUT2D eigenvalue weighted by molar-refractivity contribution is 9.10. The number of benzene rings is 1. The van der Waals surface area contributed by atoms with E-state index >= 15 is 0 Å². The Bertz CT molecular complexity index is 868. The molecule has 2 amide bonds. The highest BCUT2D eigenvalue weighted by atomic mass is 79.9. The van der Waals surface area contributed by atoms with Crippen LogP contribution in [-0.4, -0.2) is 47.2 Å². The maximum Gasteiger partial charge on any atom is 0.328 e. The molecule has 3 rings (SSSR count). The van der Waals surface area contributed by atoms with Gasteiger partial charge in [0.2, 0.25) is 0 Å². The van der Waals surface area contributed by atoms with Crippen LogP contribution in [0.5, 0.6) is 0 Å². The Labute approximate surface area is 162 Å². The number of carbonyl (C=O) groups is 3. The molecule has 1 atom stereocenters. The number of fused-ring (bicyclic) bond motifs is 1. The molecule has 0 unspecified atom stereocenters. The Balaban J connectivity index is 2.12. The summed E-state index contributed by atoms with van der Waals surface area (Å²) >= 11 is 9.68. The maximum atomic E-state index is 12.9. The quantitative estimate of drug-likeness (QED) is 0.399. The van der Waals surface area contributed by atoms with Crippen LogP contribution in [0.1, 0.15) is 12.5 Å². The minimum Gasteiger partial charge on any atom is -0.467 e. The molecule has 0 spiro atoms. The van der Waals surface area contributed by atoms with Crippen LogP contribution >= 0.6 is 39.9 Å².